The van der Waals surface area contributed by atoms with E-state index < -0.39 is 27.9 Å². The standard InChI is InChI=1S/C21H20N4O7S/c1-12-4-6-16(7-5-12)33(31,32)25(3)19-17(11-22-24(19)2)18(26)23-15-9-13(20(27)28)8-14(10-15)21(29)30/h4-11H,1-3H3,(H,23,26)(H,27,28)(H,29,30). The molecule has 1 aromatic heterocycles. The summed E-state index contributed by atoms with van der Waals surface area (Å²) in [6.45, 7) is 1.82. The van der Waals surface area contributed by atoms with Crippen LogP contribution >= 0.6 is 0 Å². The molecule has 0 spiro atoms. The third-order valence-electron chi connectivity index (χ3n) is 4.81. The first-order valence-electron chi connectivity index (χ1n) is 9.42. The lowest BCUT2D eigenvalue weighted by Gasteiger charge is -2.21. The van der Waals surface area contributed by atoms with Gasteiger partial charge in [-0.3, -0.25) is 13.8 Å². The average molecular weight is 472 g/mol. The molecule has 3 aromatic rings. The lowest BCUT2D eigenvalue weighted by atomic mass is 10.1. The van der Waals surface area contributed by atoms with Crippen LogP contribution in [0.5, 0.6) is 0 Å². The molecule has 0 unspecified atom stereocenters. The molecule has 0 aliphatic carbocycles. The number of nitrogens with one attached hydrogen (secondary N) is 1. The van der Waals surface area contributed by atoms with Crippen LogP contribution in [0.3, 0.4) is 0 Å². The average Bonchev–Trinajstić information content (AvgIpc) is 3.14. The van der Waals surface area contributed by atoms with E-state index in [4.69, 9.17) is 0 Å². The number of benzene rings is 2. The number of carbonyl (C=O) groups excluding carboxylic acids is 1. The van der Waals surface area contributed by atoms with Crippen molar-refractivity contribution in [3.63, 3.8) is 0 Å². The van der Waals surface area contributed by atoms with Gasteiger partial charge in [-0.25, -0.2) is 18.0 Å². The number of anilines is 2. The van der Waals surface area contributed by atoms with E-state index in [1.165, 1.54) is 30.9 Å². The van der Waals surface area contributed by atoms with Gasteiger partial charge in [0.2, 0.25) is 0 Å². The first kappa shape index (κ1) is 23.5. The van der Waals surface area contributed by atoms with Crippen LogP contribution in [0.1, 0.15) is 36.6 Å². The number of hydrogen-bond acceptors (Lipinski definition) is 6. The van der Waals surface area contributed by atoms with Crippen LogP contribution in [0.2, 0.25) is 0 Å². The van der Waals surface area contributed by atoms with E-state index in [0.717, 1.165) is 34.3 Å². The fourth-order valence-electron chi connectivity index (χ4n) is 3.09. The molecule has 1 heterocycles. The largest absolute Gasteiger partial charge is 0.478 e. The molecule has 0 saturated carbocycles. The Morgan fingerprint density at radius 3 is 2.06 bits per heavy atom. The van der Waals surface area contributed by atoms with E-state index in [1.807, 2.05) is 6.92 Å². The summed E-state index contributed by atoms with van der Waals surface area (Å²) in [5, 5.41) is 24.8. The minimum Gasteiger partial charge on any atom is -0.478 e. The van der Waals surface area contributed by atoms with E-state index in [9.17, 15) is 33.0 Å². The van der Waals surface area contributed by atoms with Crippen LogP contribution in [0.25, 0.3) is 0 Å². The predicted octanol–water partition coefficient (Wildman–Crippen LogP) is 2.20. The Bertz CT molecular complexity index is 1330. The highest BCUT2D eigenvalue weighted by Gasteiger charge is 2.28. The summed E-state index contributed by atoms with van der Waals surface area (Å²) >= 11 is 0. The minimum atomic E-state index is -4.03. The van der Waals surface area contributed by atoms with Gasteiger partial charge in [0.25, 0.3) is 15.9 Å². The second-order valence-corrected chi connectivity index (χ2v) is 9.12. The van der Waals surface area contributed by atoms with Crippen LogP contribution in [-0.4, -0.2) is 53.3 Å². The van der Waals surface area contributed by atoms with E-state index in [0.29, 0.717) is 0 Å². The van der Waals surface area contributed by atoms with Gasteiger partial charge in [0, 0.05) is 19.8 Å². The monoisotopic (exact) mass is 472 g/mol. The normalized spacial score (nSPS) is 11.1. The molecular formula is C21H20N4O7S. The molecule has 1 amide bonds. The van der Waals surface area contributed by atoms with Crippen molar-refractivity contribution < 1.29 is 33.0 Å². The van der Waals surface area contributed by atoms with Crippen molar-refractivity contribution in [2.45, 2.75) is 11.8 Å². The summed E-state index contributed by atoms with van der Waals surface area (Å²) < 4.78 is 28.3. The lowest BCUT2D eigenvalue weighted by Crippen LogP contribution is -2.30. The van der Waals surface area contributed by atoms with Crippen molar-refractivity contribution in [3.05, 3.63) is 70.9 Å². The van der Waals surface area contributed by atoms with Crippen molar-refractivity contribution in [3.8, 4) is 0 Å². The zero-order valence-corrected chi connectivity index (χ0v) is 18.6. The molecule has 0 bridgehead atoms. The number of aromatic carboxylic acids is 2. The van der Waals surface area contributed by atoms with Crippen LogP contribution in [0.15, 0.2) is 53.6 Å². The Labute approximate surface area is 188 Å². The smallest absolute Gasteiger partial charge is 0.335 e. The highest BCUT2D eigenvalue weighted by Crippen LogP contribution is 2.26. The predicted molar refractivity (Wildman–Crippen MR) is 118 cm³/mol. The van der Waals surface area contributed by atoms with Crippen LogP contribution in [0.4, 0.5) is 11.5 Å². The van der Waals surface area contributed by atoms with E-state index in [-0.39, 0.29) is 33.1 Å². The van der Waals surface area contributed by atoms with Gasteiger partial charge in [0.15, 0.2) is 5.82 Å². The Morgan fingerprint density at radius 2 is 1.55 bits per heavy atom. The molecule has 0 atom stereocenters. The third kappa shape index (κ3) is 4.70. The summed E-state index contributed by atoms with van der Waals surface area (Å²) in [4.78, 5) is 35.6. The second kappa shape index (κ2) is 8.74. The van der Waals surface area contributed by atoms with Crippen molar-refractivity contribution in [1.82, 2.24) is 9.78 Å². The molecule has 3 rings (SSSR count). The first-order chi connectivity index (χ1) is 15.4. The molecule has 0 radical (unpaired) electrons. The van der Waals surface area contributed by atoms with Crippen molar-refractivity contribution in [2.75, 3.05) is 16.7 Å². The van der Waals surface area contributed by atoms with Gasteiger partial charge in [0.05, 0.1) is 22.2 Å². The van der Waals surface area contributed by atoms with Gasteiger partial charge in [-0.15, -0.1) is 0 Å². The Hall–Kier alpha value is -4.19. The van der Waals surface area contributed by atoms with E-state index in [1.54, 1.807) is 12.1 Å². The number of nitrogens with zero attached hydrogens (tertiary/aromatic N) is 3. The number of carboxylic acid groups (broad SMARTS) is 2. The highest BCUT2D eigenvalue weighted by atomic mass is 32.2. The molecule has 0 saturated heterocycles. The maximum absolute atomic E-state index is 13.1. The van der Waals surface area contributed by atoms with Crippen molar-refractivity contribution in [1.29, 1.82) is 0 Å². The number of aromatic nitrogens is 2. The topological polar surface area (TPSA) is 159 Å². The Balaban J connectivity index is 1.98. The molecule has 12 heteroatoms. The molecule has 0 fully saturated rings. The Morgan fingerprint density at radius 1 is 1.00 bits per heavy atom. The second-order valence-electron chi connectivity index (χ2n) is 7.15. The van der Waals surface area contributed by atoms with Gasteiger partial charge in [0.1, 0.15) is 5.56 Å². The van der Waals surface area contributed by atoms with Gasteiger partial charge in [-0.1, -0.05) is 17.7 Å². The molecular weight excluding hydrogens is 452 g/mol. The maximum atomic E-state index is 13.1. The Kier molecular flexibility index (Phi) is 6.22. The van der Waals surface area contributed by atoms with E-state index >= 15 is 0 Å². The summed E-state index contributed by atoms with van der Waals surface area (Å²) in [5.41, 5.74) is -0.00248. The highest BCUT2D eigenvalue weighted by molar-refractivity contribution is 7.92. The minimum absolute atomic E-state index is 0.0171. The van der Waals surface area contributed by atoms with Gasteiger partial charge < -0.3 is 15.5 Å². The number of sulfonamides is 1. The molecule has 0 aliphatic rings. The van der Waals surface area contributed by atoms with Crippen LogP contribution < -0.4 is 9.62 Å². The molecule has 3 N–H and O–H groups in total. The lowest BCUT2D eigenvalue weighted by molar-refractivity contribution is 0.0696. The molecule has 11 nitrogen and oxygen atoms in total. The molecule has 172 valence electrons. The number of aryl methyl sites for hydroxylation is 2. The van der Waals surface area contributed by atoms with Gasteiger partial charge in [-0.2, -0.15) is 5.10 Å². The molecule has 33 heavy (non-hydrogen) atoms. The SMILES string of the molecule is Cc1ccc(S(=O)(=O)N(C)c2c(C(=O)Nc3cc(C(=O)O)cc(C(=O)O)c3)cnn2C)cc1. The summed E-state index contributed by atoms with van der Waals surface area (Å²) in [6.07, 6.45) is 1.16. The van der Waals surface area contributed by atoms with E-state index in [2.05, 4.69) is 10.4 Å². The molecule has 0 aliphatic heterocycles. The fourth-order valence-corrected chi connectivity index (χ4v) is 4.33. The summed E-state index contributed by atoms with van der Waals surface area (Å²) in [6, 6.07) is 9.33. The number of hydrogen-bond donors (Lipinski definition) is 3. The van der Waals surface area contributed by atoms with Crippen molar-refractivity contribution >= 4 is 39.4 Å². The number of rotatable bonds is 7. The van der Waals surface area contributed by atoms with Gasteiger partial charge in [-0.05, 0) is 37.3 Å². The fraction of sp³-hybridized carbons (Fsp3) is 0.143. The maximum Gasteiger partial charge on any atom is 0.335 e. The number of carbonyl (C=O) groups is 3. The zero-order valence-electron chi connectivity index (χ0n) is 17.8. The van der Waals surface area contributed by atoms with Crippen LogP contribution in [-0.2, 0) is 17.1 Å². The van der Waals surface area contributed by atoms with Crippen molar-refractivity contribution in [2.24, 2.45) is 7.05 Å². The zero-order chi connectivity index (χ0) is 24.5. The quantitative estimate of drug-likeness (QED) is 0.472. The molecule has 2 aromatic carbocycles. The number of carboxylic acids is 2. The summed E-state index contributed by atoms with van der Waals surface area (Å²) in [5.74, 6) is -3.59. The van der Waals surface area contributed by atoms with Gasteiger partial charge >= 0.3 is 11.9 Å². The number of amides is 1. The third-order valence-corrected chi connectivity index (χ3v) is 6.58. The van der Waals surface area contributed by atoms with Crippen LogP contribution in [0, 0.1) is 6.92 Å². The first-order valence-corrected chi connectivity index (χ1v) is 10.9. The summed E-state index contributed by atoms with van der Waals surface area (Å²) in [7, 11) is -1.30.